The molecular formula is C6H2O13Yb2. The second kappa shape index (κ2) is 22.1. The topological polar surface area (TPSA) is 272 Å². The molecule has 0 rings (SSSR count). The molecule has 0 aromatic carbocycles. The van der Waals surface area contributed by atoms with Crippen LogP contribution in [0.4, 0.5) is 0 Å². The number of hydrogen-bond acceptors (Lipinski definition) is 12. The molecule has 0 saturated carbocycles. The summed E-state index contributed by atoms with van der Waals surface area (Å²) < 4.78 is 0. The van der Waals surface area contributed by atoms with E-state index < -0.39 is 35.8 Å². The summed E-state index contributed by atoms with van der Waals surface area (Å²) in [6.45, 7) is 0. The first-order valence-corrected chi connectivity index (χ1v) is 3.20. The van der Waals surface area contributed by atoms with E-state index >= 15 is 0 Å². The van der Waals surface area contributed by atoms with Crippen LogP contribution in [0.25, 0.3) is 0 Å². The number of carbonyl (C=O) groups is 6. The van der Waals surface area contributed by atoms with Gasteiger partial charge in [0.1, 0.15) is 0 Å². The van der Waals surface area contributed by atoms with Gasteiger partial charge in [-0.1, -0.05) is 0 Å². The predicted molar refractivity (Wildman–Crippen MR) is 33.7 cm³/mol. The second-order valence-corrected chi connectivity index (χ2v) is 1.72. The number of carboxylic acids is 6. The molecule has 21 heavy (non-hydrogen) atoms. The van der Waals surface area contributed by atoms with Crippen LogP contribution >= 0.6 is 0 Å². The molecular weight excluding hydrogens is 626 g/mol. The monoisotopic (exact) mass is 630 g/mol. The number of aliphatic carboxylic acids is 6. The third-order valence-electron chi connectivity index (χ3n) is 0.500. The summed E-state index contributed by atoms with van der Waals surface area (Å²) in [6.07, 6.45) is 0. The summed E-state index contributed by atoms with van der Waals surface area (Å²) in [4.78, 5) is 53.6. The molecule has 2 radical (unpaired) electrons. The van der Waals surface area contributed by atoms with Crippen molar-refractivity contribution in [2.75, 3.05) is 0 Å². The molecule has 0 bridgehead atoms. The van der Waals surface area contributed by atoms with E-state index in [9.17, 15) is 0 Å². The summed E-state index contributed by atoms with van der Waals surface area (Å²) in [7, 11) is 0. The van der Waals surface area contributed by atoms with E-state index in [0.29, 0.717) is 0 Å². The van der Waals surface area contributed by atoms with Gasteiger partial charge in [-0.25, -0.2) is 0 Å². The van der Waals surface area contributed by atoms with Gasteiger partial charge in [0, 0.05) is 0 Å². The Morgan fingerprint density at radius 2 is 0.429 bits per heavy atom. The quantitative estimate of drug-likeness (QED) is 0.226. The molecule has 0 unspecified atom stereocenters. The average Bonchev–Trinajstić information content (AvgIpc) is 2.18. The van der Waals surface area contributed by atoms with Crippen molar-refractivity contribution in [3.05, 3.63) is 0 Å². The maximum absolute atomic E-state index is 8.93. The van der Waals surface area contributed by atoms with Gasteiger partial charge in [0.05, 0.1) is 35.8 Å². The zero-order valence-electron chi connectivity index (χ0n) is 8.93. The summed E-state index contributed by atoms with van der Waals surface area (Å²) in [5, 5.41) is 53.6. The van der Waals surface area contributed by atoms with Gasteiger partial charge in [0.15, 0.2) is 0 Å². The number of hydrogen-bond donors (Lipinski definition) is 0. The fraction of sp³-hybridized carbons (Fsp3) is 0. The first-order chi connectivity index (χ1) is 7.93. The van der Waals surface area contributed by atoms with Gasteiger partial charge < -0.3 is 64.9 Å². The Bertz CT molecular complexity index is 282. The Hall–Kier alpha value is -0.181. The van der Waals surface area contributed by atoms with Gasteiger partial charge in [-0.3, -0.25) is 0 Å². The van der Waals surface area contributed by atoms with E-state index in [2.05, 4.69) is 0 Å². The SMILES string of the molecule is O.O=C([O-])C(=O)[O-].O=C([O-])C(=O)[O-].O=C([O-])C(=O)[O-].[Yb+3].[Yb+3]. The molecule has 0 aliphatic rings. The van der Waals surface area contributed by atoms with Crippen LogP contribution in [0.15, 0.2) is 0 Å². The Balaban J connectivity index is -0.0000000375. The van der Waals surface area contributed by atoms with Crippen LogP contribution in [-0.4, -0.2) is 41.3 Å². The Kier molecular flexibility index (Phi) is 39.2. The smallest absolute Gasteiger partial charge is 0.543 e. The van der Waals surface area contributed by atoms with Crippen LogP contribution < -0.4 is 30.6 Å². The zero-order chi connectivity index (χ0) is 15.5. The summed E-state index contributed by atoms with van der Waals surface area (Å²) in [5.74, 6) is -13.1. The van der Waals surface area contributed by atoms with Crippen LogP contribution in [0.2, 0.25) is 0 Å². The van der Waals surface area contributed by atoms with Crippen LogP contribution in [0.3, 0.4) is 0 Å². The van der Waals surface area contributed by atoms with Gasteiger partial charge >= 0.3 is 93.8 Å². The maximum Gasteiger partial charge on any atom is 3.00 e. The minimum Gasteiger partial charge on any atom is -0.543 e. The molecule has 13 nitrogen and oxygen atoms in total. The molecule has 0 atom stereocenters. The molecule has 0 spiro atoms. The van der Waals surface area contributed by atoms with Gasteiger partial charge in [0.2, 0.25) is 0 Å². The Morgan fingerprint density at radius 3 is 0.429 bits per heavy atom. The van der Waals surface area contributed by atoms with Crippen LogP contribution in [0, 0.1) is 93.8 Å². The number of carboxylic acid groups (broad SMARTS) is 6. The van der Waals surface area contributed by atoms with E-state index in [1.807, 2.05) is 0 Å². The van der Waals surface area contributed by atoms with Crippen molar-refractivity contribution in [2.24, 2.45) is 0 Å². The molecule has 0 aliphatic heterocycles. The van der Waals surface area contributed by atoms with Gasteiger partial charge in [-0.15, -0.1) is 0 Å². The van der Waals surface area contributed by atoms with Crippen LogP contribution in [0.1, 0.15) is 0 Å². The predicted octanol–water partition coefficient (Wildman–Crippen LogP) is -11.4. The van der Waals surface area contributed by atoms with Crippen molar-refractivity contribution in [1.29, 1.82) is 0 Å². The third-order valence-corrected chi connectivity index (χ3v) is 0.500. The van der Waals surface area contributed by atoms with Gasteiger partial charge in [0.25, 0.3) is 0 Å². The molecule has 0 amide bonds. The van der Waals surface area contributed by atoms with Crippen molar-refractivity contribution in [2.45, 2.75) is 0 Å². The average molecular weight is 628 g/mol. The number of carbonyl (C=O) groups excluding carboxylic acids is 6. The fourth-order valence-electron chi connectivity index (χ4n) is 0. The molecule has 0 fully saturated rings. The normalized spacial score (nSPS) is 6.29. The van der Waals surface area contributed by atoms with Crippen molar-refractivity contribution in [3.8, 4) is 0 Å². The number of rotatable bonds is 0. The largest absolute Gasteiger partial charge is 3.00 e. The van der Waals surface area contributed by atoms with Crippen molar-refractivity contribution >= 4 is 35.8 Å². The second-order valence-electron chi connectivity index (χ2n) is 1.72. The van der Waals surface area contributed by atoms with Crippen LogP contribution in [0.5, 0.6) is 0 Å². The first-order valence-electron chi connectivity index (χ1n) is 3.20. The maximum atomic E-state index is 8.93. The van der Waals surface area contributed by atoms with Crippen molar-refractivity contribution in [1.82, 2.24) is 0 Å². The fourth-order valence-corrected chi connectivity index (χ4v) is 0. The molecule has 0 aromatic heterocycles. The standard InChI is InChI=1S/3C2H2O4.H2O.2Yb/c3*3-1(4)2(5)6;;;/h3*(H,3,4)(H,5,6);1H2;;/q;;;;2*+3/p-6. The van der Waals surface area contributed by atoms with Crippen LogP contribution in [-0.2, 0) is 28.8 Å². The summed E-state index contributed by atoms with van der Waals surface area (Å²) in [5.41, 5.74) is 0. The minimum atomic E-state index is -2.19. The molecule has 0 saturated heterocycles. The molecule has 132 valence electrons. The molecule has 2 N–H and O–H groups in total. The molecule has 15 heteroatoms. The minimum absolute atomic E-state index is 0. The van der Waals surface area contributed by atoms with Crippen molar-refractivity contribution < 1.29 is 159 Å². The third kappa shape index (κ3) is 45.0. The van der Waals surface area contributed by atoms with E-state index in [-0.39, 0.29) is 99.3 Å². The zero-order valence-corrected chi connectivity index (χ0v) is 12.4. The van der Waals surface area contributed by atoms with Crippen molar-refractivity contribution in [3.63, 3.8) is 0 Å². The Labute approximate surface area is 191 Å². The van der Waals surface area contributed by atoms with Gasteiger partial charge in [-0.05, 0) is 0 Å². The molecule has 0 aliphatic carbocycles. The summed E-state index contributed by atoms with van der Waals surface area (Å²) >= 11 is 0. The molecule has 0 heterocycles. The summed E-state index contributed by atoms with van der Waals surface area (Å²) in [6, 6.07) is 0. The van der Waals surface area contributed by atoms with E-state index in [1.54, 1.807) is 0 Å². The molecule has 0 aromatic rings. The van der Waals surface area contributed by atoms with E-state index in [1.165, 1.54) is 0 Å². The first kappa shape index (κ1) is 37.2. The van der Waals surface area contributed by atoms with E-state index in [0.717, 1.165) is 0 Å². The van der Waals surface area contributed by atoms with Gasteiger partial charge in [-0.2, -0.15) is 0 Å². The van der Waals surface area contributed by atoms with E-state index in [4.69, 9.17) is 59.4 Å². The Morgan fingerprint density at radius 1 is 0.381 bits per heavy atom.